The molecule has 180 valence electrons. The molecule has 2 aromatic carbocycles. The van der Waals surface area contributed by atoms with Crippen LogP contribution in [0.25, 0.3) is 11.1 Å². The number of hydrogen-bond donors (Lipinski definition) is 2. The van der Waals surface area contributed by atoms with Gasteiger partial charge in [-0.15, -0.1) is 0 Å². The summed E-state index contributed by atoms with van der Waals surface area (Å²) in [5, 5.41) is 9.33. The predicted octanol–water partition coefficient (Wildman–Crippen LogP) is 5.40. The fraction of sp³-hybridized carbons (Fsp3) is 0.321. The van der Waals surface area contributed by atoms with Gasteiger partial charge in [0.25, 0.3) is 0 Å². The molecule has 1 aliphatic heterocycles. The fourth-order valence-electron chi connectivity index (χ4n) is 4.91. The van der Waals surface area contributed by atoms with Gasteiger partial charge in [-0.05, 0) is 67.0 Å². The molecule has 2 heterocycles. The van der Waals surface area contributed by atoms with Gasteiger partial charge >= 0.3 is 0 Å². The summed E-state index contributed by atoms with van der Waals surface area (Å²) in [6.07, 6.45) is 7.86. The van der Waals surface area contributed by atoms with Crippen LogP contribution >= 0.6 is 11.6 Å². The summed E-state index contributed by atoms with van der Waals surface area (Å²) >= 11 is 6.22. The van der Waals surface area contributed by atoms with Gasteiger partial charge < -0.3 is 4.90 Å². The smallest absolute Gasteiger partial charge is 0.225 e. The van der Waals surface area contributed by atoms with E-state index in [2.05, 4.69) is 29.2 Å². The zero-order valence-electron chi connectivity index (χ0n) is 19.7. The van der Waals surface area contributed by atoms with E-state index in [0.717, 1.165) is 68.4 Å². The van der Waals surface area contributed by atoms with Crippen LogP contribution < -0.4 is 10.9 Å². The minimum Gasteiger partial charge on any atom is -0.342 e. The number of anilines is 1. The lowest BCUT2D eigenvalue weighted by molar-refractivity contribution is -0.133. The van der Waals surface area contributed by atoms with E-state index in [1.54, 1.807) is 12.1 Å². The van der Waals surface area contributed by atoms with Crippen molar-refractivity contribution in [3.05, 3.63) is 82.6 Å². The highest BCUT2D eigenvalue weighted by Gasteiger charge is 2.35. The SMILES string of the molecule is N=CN(N)c1ccc(Cl)cc1-c1ccc(Cc2cccc(C3CCN(C(=O)C4CC4)CC3)c2)nc1. The third-order valence-electron chi connectivity index (χ3n) is 7.05. The Hall–Kier alpha value is -3.22. The third kappa shape index (κ3) is 5.39. The van der Waals surface area contributed by atoms with Gasteiger partial charge in [0.1, 0.15) is 6.34 Å². The van der Waals surface area contributed by atoms with Gasteiger partial charge in [0.15, 0.2) is 0 Å². The summed E-state index contributed by atoms with van der Waals surface area (Å²) in [5.41, 5.74) is 5.99. The molecule has 6 nitrogen and oxygen atoms in total. The number of likely N-dealkylation sites (tertiary alicyclic amines) is 1. The Kier molecular flexibility index (Phi) is 6.84. The molecule has 2 aliphatic rings. The van der Waals surface area contributed by atoms with Gasteiger partial charge in [-0.2, -0.15) is 0 Å². The van der Waals surface area contributed by atoms with Crippen molar-refractivity contribution in [3.8, 4) is 11.1 Å². The summed E-state index contributed by atoms with van der Waals surface area (Å²) in [7, 11) is 0. The van der Waals surface area contributed by atoms with Crippen molar-refractivity contribution in [2.45, 2.75) is 38.0 Å². The summed E-state index contributed by atoms with van der Waals surface area (Å²) in [6, 6.07) is 18.2. The number of benzene rings is 2. The average molecular weight is 488 g/mol. The number of halogens is 1. The highest BCUT2D eigenvalue weighted by Crippen LogP contribution is 2.35. The number of aromatic nitrogens is 1. The molecule has 1 saturated heterocycles. The number of carbonyl (C=O) groups excluding carboxylic acids is 1. The highest BCUT2D eigenvalue weighted by atomic mass is 35.5. The molecule has 0 spiro atoms. The number of nitrogens with one attached hydrogen (secondary N) is 1. The molecule has 0 radical (unpaired) electrons. The van der Waals surface area contributed by atoms with Crippen molar-refractivity contribution in [2.75, 3.05) is 18.1 Å². The number of nitrogens with zero attached hydrogens (tertiary/aromatic N) is 3. The van der Waals surface area contributed by atoms with Crippen LogP contribution in [0.1, 0.15) is 48.4 Å². The van der Waals surface area contributed by atoms with Gasteiger partial charge in [-0.3, -0.25) is 20.2 Å². The fourth-order valence-corrected chi connectivity index (χ4v) is 5.08. The number of nitrogens with two attached hydrogens (primary N) is 1. The summed E-state index contributed by atoms with van der Waals surface area (Å²) in [4.78, 5) is 19.1. The number of piperidine rings is 1. The first-order valence-electron chi connectivity index (χ1n) is 12.2. The maximum absolute atomic E-state index is 12.4. The predicted molar refractivity (Wildman–Crippen MR) is 141 cm³/mol. The largest absolute Gasteiger partial charge is 0.342 e. The van der Waals surface area contributed by atoms with E-state index in [1.165, 1.54) is 16.1 Å². The molecular weight excluding hydrogens is 458 g/mol. The normalized spacial score (nSPS) is 16.2. The Morgan fingerprint density at radius 1 is 1.11 bits per heavy atom. The van der Waals surface area contributed by atoms with Crippen molar-refractivity contribution in [3.63, 3.8) is 0 Å². The Labute approximate surface area is 211 Å². The molecule has 3 aromatic rings. The molecule has 2 fully saturated rings. The molecule has 1 aliphatic carbocycles. The average Bonchev–Trinajstić information content (AvgIpc) is 3.74. The molecule has 0 bridgehead atoms. The Morgan fingerprint density at radius 3 is 2.60 bits per heavy atom. The standard InChI is InChI=1S/C28H30ClN5O/c29-24-7-9-27(34(31)18-30)26(16-24)23-6-8-25(32-17-23)15-19-2-1-3-22(14-19)20-10-12-33(13-11-20)28(35)21-4-5-21/h1-3,6-9,14,16-18,20-21,30H,4-5,10-13,15,31H2. The number of carbonyl (C=O) groups is 1. The second kappa shape index (κ2) is 10.2. The van der Waals surface area contributed by atoms with Gasteiger partial charge in [-0.25, -0.2) is 5.84 Å². The lowest BCUT2D eigenvalue weighted by Crippen LogP contribution is -2.38. The molecule has 3 N–H and O–H groups in total. The van der Waals surface area contributed by atoms with E-state index >= 15 is 0 Å². The van der Waals surface area contributed by atoms with Crippen LogP contribution in [-0.4, -0.2) is 35.2 Å². The molecule has 0 atom stereocenters. The lowest BCUT2D eigenvalue weighted by atomic mass is 9.88. The first-order chi connectivity index (χ1) is 17.0. The summed E-state index contributed by atoms with van der Waals surface area (Å²) < 4.78 is 0. The topological polar surface area (TPSA) is 86.3 Å². The van der Waals surface area contributed by atoms with E-state index in [9.17, 15) is 4.79 Å². The zero-order valence-corrected chi connectivity index (χ0v) is 20.4. The molecule has 5 rings (SSSR count). The summed E-state index contributed by atoms with van der Waals surface area (Å²) in [6.45, 7) is 1.74. The Balaban J connectivity index is 1.26. The maximum Gasteiger partial charge on any atom is 0.225 e. The minimum atomic E-state index is 0.310. The van der Waals surface area contributed by atoms with Crippen molar-refractivity contribution in [1.29, 1.82) is 5.41 Å². The maximum atomic E-state index is 12.4. The van der Waals surface area contributed by atoms with Gasteiger partial charge in [-0.1, -0.05) is 41.9 Å². The van der Waals surface area contributed by atoms with Crippen molar-refractivity contribution >= 4 is 29.5 Å². The van der Waals surface area contributed by atoms with E-state index in [0.29, 0.717) is 28.5 Å². The van der Waals surface area contributed by atoms with Crippen LogP contribution in [0.4, 0.5) is 5.69 Å². The van der Waals surface area contributed by atoms with Crippen LogP contribution in [0.2, 0.25) is 5.02 Å². The second-order valence-corrected chi connectivity index (χ2v) is 9.97. The zero-order chi connectivity index (χ0) is 24.4. The van der Waals surface area contributed by atoms with Crippen LogP contribution in [0, 0.1) is 11.3 Å². The minimum absolute atomic E-state index is 0.310. The van der Waals surface area contributed by atoms with Crippen LogP contribution in [0.15, 0.2) is 60.8 Å². The van der Waals surface area contributed by atoms with Crippen molar-refractivity contribution < 1.29 is 4.79 Å². The molecular formula is C28H30ClN5O. The molecule has 1 aromatic heterocycles. The van der Waals surface area contributed by atoms with Gasteiger partial charge in [0, 0.05) is 53.5 Å². The van der Waals surface area contributed by atoms with Crippen molar-refractivity contribution in [2.24, 2.45) is 11.8 Å². The Morgan fingerprint density at radius 2 is 1.91 bits per heavy atom. The summed E-state index contributed by atoms with van der Waals surface area (Å²) in [5.74, 6) is 7.12. The molecule has 7 heteroatoms. The first kappa shape index (κ1) is 23.5. The molecule has 35 heavy (non-hydrogen) atoms. The van der Waals surface area contributed by atoms with Crippen LogP contribution in [0.3, 0.4) is 0 Å². The number of pyridine rings is 1. The van der Waals surface area contributed by atoms with Gasteiger partial charge in [0.05, 0.1) is 5.69 Å². The van der Waals surface area contributed by atoms with E-state index < -0.39 is 0 Å². The van der Waals surface area contributed by atoms with E-state index in [1.807, 2.05) is 24.4 Å². The lowest BCUT2D eigenvalue weighted by Gasteiger charge is -2.32. The van der Waals surface area contributed by atoms with E-state index in [-0.39, 0.29) is 0 Å². The highest BCUT2D eigenvalue weighted by molar-refractivity contribution is 6.31. The first-order valence-corrected chi connectivity index (χ1v) is 12.6. The second-order valence-electron chi connectivity index (χ2n) is 9.53. The monoisotopic (exact) mass is 487 g/mol. The van der Waals surface area contributed by atoms with Gasteiger partial charge in [0.2, 0.25) is 5.91 Å². The third-order valence-corrected chi connectivity index (χ3v) is 7.29. The van der Waals surface area contributed by atoms with Crippen molar-refractivity contribution in [1.82, 2.24) is 9.88 Å². The molecule has 0 unspecified atom stereocenters. The van der Waals surface area contributed by atoms with Crippen LogP contribution in [0.5, 0.6) is 0 Å². The molecule has 1 saturated carbocycles. The molecule has 1 amide bonds. The number of amides is 1. The van der Waals surface area contributed by atoms with Crippen LogP contribution in [-0.2, 0) is 11.2 Å². The quantitative estimate of drug-likeness (QED) is 0.202. The number of rotatable bonds is 7. The van der Waals surface area contributed by atoms with E-state index in [4.69, 9.17) is 27.8 Å². The number of hydrazine groups is 1. The Bertz CT molecular complexity index is 1220. The number of hydrogen-bond acceptors (Lipinski definition) is 4.